The summed E-state index contributed by atoms with van der Waals surface area (Å²) in [6, 6.07) is 13.0. The van der Waals surface area contributed by atoms with Gasteiger partial charge in [0.05, 0.1) is 5.75 Å². The highest BCUT2D eigenvalue weighted by Crippen LogP contribution is 2.42. The first-order chi connectivity index (χ1) is 16.3. The van der Waals surface area contributed by atoms with Gasteiger partial charge in [-0.1, -0.05) is 36.0 Å². The quantitative estimate of drug-likeness (QED) is 0.402. The third kappa shape index (κ3) is 4.32. The Morgan fingerprint density at radius 2 is 1.94 bits per heavy atom. The lowest BCUT2D eigenvalue weighted by molar-refractivity contribution is -0.130. The van der Waals surface area contributed by atoms with Crippen molar-refractivity contribution in [1.82, 2.24) is 29.5 Å². The van der Waals surface area contributed by atoms with Crippen LogP contribution < -0.4 is 0 Å². The second kappa shape index (κ2) is 8.96. The lowest BCUT2D eigenvalue weighted by Gasteiger charge is -2.34. The number of para-hydroxylation sites is 1. The van der Waals surface area contributed by atoms with E-state index in [4.69, 9.17) is 0 Å². The van der Waals surface area contributed by atoms with E-state index in [1.807, 2.05) is 23.2 Å². The van der Waals surface area contributed by atoms with Crippen LogP contribution in [0.1, 0.15) is 23.8 Å². The van der Waals surface area contributed by atoms with Crippen LogP contribution in [0.15, 0.2) is 53.1 Å². The summed E-state index contributed by atoms with van der Waals surface area (Å²) in [7, 11) is 0. The van der Waals surface area contributed by atoms with Crippen molar-refractivity contribution in [3.63, 3.8) is 0 Å². The van der Waals surface area contributed by atoms with Gasteiger partial charge in [0.1, 0.15) is 0 Å². The zero-order chi connectivity index (χ0) is 22.2. The van der Waals surface area contributed by atoms with Crippen molar-refractivity contribution in [2.45, 2.75) is 30.6 Å². The van der Waals surface area contributed by atoms with Crippen molar-refractivity contribution in [3.05, 3.63) is 52.9 Å². The Bertz CT molecular complexity index is 1250. The largest absolute Gasteiger partial charge is 0.360 e. The summed E-state index contributed by atoms with van der Waals surface area (Å²) in [5, 5.41) is 13.2. The van der Waals surface area contributed by atoms with Crippen LogP contribution in [-0.2, 0) is 11.3 Å². The van der Waals surface area contributed by atoms with Gasteiger partial charge >= 0.3 is 0 Å². The number of fused-ring (bicyclic) bond motifs is 1. The zero-order valence-electron chi connectivity index (χ0n) is 18.3. The first-order valence-corrected chi connectivity index (χ1v) is 13.3. The molecule has 0 atom stereocenters. The molecule has 0 radical (unpaired) electrons. The molecule has 9 heteroatoms. The number of hydrogen-bond acceptors (Lipinski definition) is 6. The summed E-state index contributed by atoms with van der Waals surface area (Å²) in [5.74, 6) is 1.49. The average Bonchev–Trinajstić information content (AvgIpc) is 3.22. The van der Waals surface area contributed by atoms with E-state index in [0.29, 0.717) is 11.8 Å². The highest BCUT2D eigenvalue weighted by molar-refractivity contribution is 7.99. The van der Waals surface area contributed by atoms with Gasteiger partial charge in [0.15, 0.2) is 11.0 Å². The highest BCUT2D eigenvalue weighted by atomic mass is 32.2. The number of piperazine rings is 1. The SMILES string of the molecule is O=C(CSc1nnc(-c2c[nH]c3ccccc23)n1C1CC1)N1CCN(Cc2cccs2)CC1. The van der Waals surface area contributed by atoms with Gasteiger partial charge in [-0.2, -0.15) is 0 Å². The van der Waals surface area contributed by atoms with Gasteiger partial charge in [0.2, 0.25) is 5.91 Å². The molecule has 3 aromatic heterocycles. The van der Waals surface area contributed by atoms with Crippen LogP contribution in [0.4, 0.5) is 0 Å². The number of nitrogens with one attached hydrogen (secondary N) is 1. The molecule has 1 aromatic carbocycles. The molecule has 2 aliphatic rings. The van der Waals surface area contributed by atoms with Crippen LogP contribution in [-0.4, -0.2) is 67.4 Å². The summed E-state index contributed by atoms with van der Waals surface area (Å²) < 4.78 is 2.24. The zero-order valence-corrected chi connectivity index (χ0v) is 19.9. The summed E-state index contributed by atoms with van der Waals surface area (Å²) in [6.45, 7) is 4.42. The fraction of sp³-hybridized carbons (Fsp3) is 0.375. The molecule has 4 heterocycles. The molecule has 1 N–H and O–H groups in total. The van der Waals surface area contributed by atoms with Crippen LogP contribution in [0.2, 0.25) is 0 Å². The molecule has 4 aromatic rings. The molecule has 1 saturated carbocycles. The number of benzene rings is 1. The Hall–Kier alpha value is -2.62. The standard InChI is InChI=1S/C24H26N6OS2/c31-22(29-11-9-28(10-12-29)15-18-4-3-13-32-18)16-33-24-27-26-23(30(24)17-7-8-17)20-14-25-21-6-2-1-5-19(20)21/h1-6,13-14,17,25H,7-12,15-16H2. The summed E-state index contributed by atoms with van der Waals surface area (Å²) in [5.41, 5.74) is 2.17. The lowest BCUT2D eigenvalue weighted by atomic mass is 10.1. The number of amides is 1. The van der Waals surface area contributed by atoms with Gasteiger partial charge in [-0.3, -0.25) is 14.3 Å². The molecule has 7 nitrogen and oxygen atoms in total. The van der Waals surface area contributed by atoms with Crippen molar-refractivity contribution in [2.24, 2.45) is 0 Å². The van der Waals surface area contributed by atoms with Crippen LogP contribution in [0, 0.1) is 0 Å². The van der Waals surface area contributed by atoms with Crippen LogP contribution in [0.5, 0.6) is 0 Å². The molecule has 170 valence electrons. The Labute approximate surface area is 200 Å². The second-order valence-electron chi connectivity index (χ2n) is 8.68. The first-order valence-electron chi connectivity index (χ1n) is 11.4. The van der Waals surface area contributed by atoms with E-state index in [1.165, 1.54) is 16.6 Å². The van der Waals surface area contributed by atoms with Gasteiger partial charge in [-0.25, -0.2) is 0 Å². The monoisotopic (exact) mass is 478 g/mol. The molecule has 1 amide bonds. The Kier molecular flexibility index (Phi) is 5.69. The van der Waals surface area contributed by atoms with Gasteiger partial charge in [-0.05, 0) is 30.4 Å². The molecule has 0 spiro atoms. The fourth-order valence-corrected chi connectivity index (χ4v) is 6.13. The molecule has 0 bridgehead atoms. The Morgan fingerprint density at radius 1 is 1.09 bits per heavy atom. The molecular weight excluding hydrogens is 452 g/mol. The number of nitrogens with zero attached hydrogens (tertiary/aromatic N) is 5. The third-order valence-corrected chi connectivity index (χ3v) is 8.20. The average molecular weight is 479 g/mol. The van der Waals surface area contributed by atoms with E-state index >= 15 is 0 Å². The molecule has 1 saturated heterocycles. The molecule has 33 heavy (non-hydrogen) atoms. The van der Waals surface area contributed by atoms with Crippen LogP contribution >= 0.6 is 23.1 Å². The van der Waals surface area contributed by atoms with E-state index in [9.17, 15) is 4.79 Å². The van der Waals surface area contributed by atoms with E-state index in [1.54, 1.807) is 11.3 Å². The minimum Gasteiger partial charge on any atom is -0.360 e. The molecule has 0 unspecified atom stereocenters. The van der Waals surface area contributed by atoms with E-state index in [0.717, 1.165) is 73.0 Å². The number of thioether (sulfide) groups is 1. The molecular formula is C24H26N6OS2. The second-order valence-corrected chi connectivity index (χ2v) is 10.7. The number of rotatable bonds is 7. The first kappa shape index (κ1) is 20.9. The van der Waals surface area contributed by atoms with Gasteiger partial charge in [-0.15, -0.1) is 21.5 Å². The maximum absolute atomic E-state index is 12.9. The summed E-state index contributed by atoms with van der Waals surface area (Å²) >= 11 is 3.32. The number of aromatic nitrogens is 4. The third-order valence-electron chi connectivity index (χ3n) is 6.42. The molecule has 1 aliphatic heterocycles. The van der Waals surface area contributed by atoms with E-state index < -0.39 is 0 Å². The number of aromatic amines is 1. The molecule has 1 aliphatic carbocycles. The van der Waals surface area contributed by atoms with E-state index in [-0.39, 0.29) is 5.91 Å². The number of hydrogen-bond donors (Lipinski definition) is 1. The van der Waals surface area contributed by atoms with Gasteiger partial charge < -0.3 is 9.88 Å². The van der Waals surface area contributed by atoms with Crippen molar-refractivity contribution < 1.29 is 4.79 Å². The Morgan fingerprint density at radius 3 is 2.73 bits per heavy atom. The van der Waals surface area contributed by atoms with Crippen molar-refractivity contribution in [3.8, 4) is 11.4 Å². The lowest BCUT2D eigenvalue weighted by Crippen LogP contribution is -2.48. The van der Waals surface area contributed by atoms with Crippen LogP contribution in [0.25, 0.3) is 22.3 Å². The highest BCUT2D eigenvalue weighted by Gasteiger charge is 2.31. The predicted molar refractivity (Wildman–Crippen MR) is 132 cm³/mol. The Balaban J connectivity index is 1.11. The number of carbonyl (C=O) groups is 1. The minimum atomic E-state index is 0.190. The van der Waals surface area contributed by atoms with Crippen molar-refractivity contribution >= 4 is 39.9 Å². The normalized spacial score (nSPS) is 17.2. The topological polar surface area (TPSA) is 70.0 Å². The maximum atomic E-state index is 12.9. The smallest absolute Gasteiger partial charge is 0.233 e. The van der Waals surface area contributed by atoms with Gasteiger partial charge in [0.25, 0.3) is 0 Å². The summed E-state index contributed by atoms with van der Waals surface area (Å²) in [6.07, 6.45) is 4.30. The van der Waals surface area contributed by atoms with Crippen molar-refractivity contribution in [1.29, 1.82) is 0 Å². The number of carbonyl (C=O) groups excluding carboxylic acids is 1. The van der Waals surface area contributed by atoms with E-state index in [2.05, 4.69) is 54.3 Å². The van der Waals surface area contributed by atoms with Crippen molar-refractivity contribution in [2.75, 3.05) is 31.9 Å². The minimum absolute atomic E-state index is 0.190. The number of H-pyrrole nitrogens is 1. The fourth-order valence-electron chi connectivity index (χ4n) is 4.47. The number of thiophene rings is 1. The van der Waals surface area contributed by atoms with Gasteiger partial charge in [0, 0.05) is 66.3 Å². The maximum Gasteiger partial charge on any atom is 0.233 e. The van der Waals surface area contributed by atoms with Crippen LogP contribution in [0.3, 0.4) is 0 Å². The molecule has 2 fully saturated rings. The summed E-state index contributed by atoms with van der Waals surface area (Å²) in [4.78, 5) is 22.1. The molecule has 6 rings (SSSR count). The predicted octanol–water partition coefficient (Wildman–Crippen LogP) is 4.26.